The predicted octanol–water partition coefficient (Wildman–Crippen LogP) is 1.75. The van der Waals surface area contributed by atoms with Gasteiger partial charge in [-0.15, -0.1) is 0 Å². The molecule has 0 bridgehead atoms. The zero-order chi connectivity index (χ0) is 18.1. The molecule has 0 radical (unpaired) electrons. The third-order valence-corrected chi connectivity index (χ3v) is 5.95. The number of hydrogen-bond acceptors (Lipinski definition) is 4. The highest BCUT2D eigenvalue weighted by atomic mass is 16.5. The third kappa shape index (κ3) is 2.91. The Balaban J connectivity index is 1.40. The van der Waals surface area contributed by atoms with E-state index in [1.165, 1.54) is 0 Å². The Bertz CT molecular complexity index is 687. The molecular formula is C20H27N3O3. The molecule has 1 aliphatic carbocycles. The van der Waals surface area contributed by atoms with Crippen LogP contribution >= 0.6 is 0 Å². The maximum absolute atomic E-state index is 13.1. The van der Waals surface area contributed by atoms with Crippen molar-refractivity contribution in [3.8, 4) is 5.75 Å². The molecule has 2 amide bonds. The van der Waals surface area contributed by atoms with Crippen LogP contribution in [0.5, 0.6) is 5.75 Å². The van der Waals surface area contributed by atoms with Gasteiger partial charge in [-0.25, -0.2) is 0 Å². The summed E-state index contributed by atoms with van der Waals surface area (Å²) in [6, 6.07) is 7.97. The van der Waals surface area contributed by atoms with Crippen molar-refractivity contribution in [2.24, 2.45) is 5.41 Å². The summed E-state index contributed by atoms with van der Waals surface area (Å²) in [4.78, 5) is 32.0. The first-order chi connectivity index (χ1) is 12.7. The molecule has 0 unspecified atom stereocenters. The first-order valence-electron chi connectivity index (χ1n) is 9.62. The molecule has 6 nitrogen and oxygen atoms in total. The van der Waals surface area contributed by atoms with Crippen LogP contribution in [0.2, 0.25) is 0 Å². The van der Waals surface area contributed by atoms with Crippen LogP contribution in [0, 0.1) is 5.41 Å². The topological polar surface area (TPSA) is 53.1 Å². The minimum Gasteiger partial charge on any atom is -0.495 e. The van der Waals surface area contributed by atoms with Crippen molar-refractivity contribution in [1.82, 2.24) is 9.80 Å². The summed E-state index contributed by atoms with van der Waals surface area (Å²) >= 11 is 0. The van der Waals surface area contributed by atoms with Gasteiger partial charge in [0.25, 0.3) is 0 Å². The highest BCUT2D eigenvalue weighted by Crippen LogP contribution is 2.49. The number of carbonyl (C=O) groups is 2. The molecular weight excluding hydrogens is 330 g/mol. The molecule has 4 rings (SSSR count). The number of ether oxygens (including phenoxy) is 1. The quantitative estimate of drug-likeness (QED) is 0.771. The Kier molecular flexibility index (Phi) is 4.51. The molecule has 2 heterocycles. The zero-order valence-electron chi connectivity index (χ0n) is 15.4. The van der Waals surface area contributed by atoms with Crippen LogP contribution < -0.4 is 9.64 Å². The Labute approximate surface area is 154 Å². The lowest BCUT2D eigenvalue weighted by atomic mass is 10.0. The van der Waals surface area contributed by atoms with Gasteiger partial charge in [0, 0.05) is 39.3 Å². The second kappa shape index (κ2) is 6.82. The van der Waals surface area contributed by atoms with E-state index in [0.717, 1.165) is 50.5 Å². The maximum Gasteiger partial charge on any atom is 0.238 e. The van der Waals surface area contributed by atoms with Gasteiger partial charge in [0.2, 0.25) is 11.8 Å². The van der Waals surface area contributed by atoms with Gasteiger partial charge in [0.05, 0.1) is 12.8 Å². The average molecular weight is 357 g/mol. The van der Waals surface area contributed by atoms with Crippen molar-refractivity contribution in [2.45, 2.75) is 25.7 Å². The molecule has 6 heteroatoms. The van der Waals surface area contributed by atoms with Crippen molar-refractivity contribution >= 4 is 17.5 Å². The summed E-state index contributed by atoms with van der Waals surface area (Å²) in [6.45, 7) is 4.48. The Hall–Kier alpha value is -2.24. The van der Waals surface area contributed by atoms with E-state index < -0.39 is 5.41 Å². The number of benzene rings is 1. The summed E-state index contributed by atoms with van der Waals surface area (Å²) in [5, 5.41) is 0. The summed E-state index contributed by atoms with van der Waals surface area (Å²) in [7, 11) is 1.68. The number of likely N-dealkylation sites (tertiary alicyclic amines) is 1. The lowest BCUT2D eigenvalue weighted by Crippen LogP contribution is -2.53. The van der Waals surface area contributed by atoms with Crippen LogP contribution in [0.1, 0.15) is 25.7 Å². The second-order valence-electron chi connectivity index (χ2n) is 7.53. The lowest BCUT2D eigenvalue weighted by Gasteiger charge is -2.38. The van der Waals surface area contributed by atoms with E-state index in [9.17, 15) is 9.59 Å². The number of rotatable bonds is 4. The Morgan fingerprint density at radius 3 is 2.04 bits per heavy atom. The van der Waals surface area contributed by atoms with Crippen molar-refractivity contribution < 1.29 is 14.3 Å². The fourth-order valence-corrected chi connectivity index (χ4v) is 4.21. The molecule has 26 heavy (non-hydrogen) atoms. The highest BCUT2D eigenvalue weighted by Gasteiger charge is 2.59. The number of piperazine rings is 1. The fraction of sp³-hybridized carbons (Fsp3) is 0.600. The van der Waals surface area contributed by atoms with Gasteiger partial charge >= 0.3 is 0 Å². The van der Waals surface area contributed by atoms with Crippen LogP contribution in [-0.2, 0) is 9.59 Å². The van der Waals surface area contributed by atoms with E-state index in [2.05, 4.69) is 11.0 Å². The Morgan fingerprint density at radius 1 is 0.885 bits per heavy atom. The zero-order valence-corrected chi connectivity index (χ0v) is 15.4. The smallest absolute Gasteiger partial charge is 0.238 e. The monoisotopic (exact) mass is 357 g/mol. The number of methoxy groups -OCH3 is 1. The van der Waals surface area contributed by atoms with Crippen molar-refractivity contribution in [3.05, 3.63) is 24.3 Å². The second-order valence-corrected chi connectivity index (χ2v) is 7.53. The number of para-hydroxylation sites is 2. The molecule has 0 spiro atoms. The molecule has 0 N–H and O–H groups in total. The number of carbonyl (C=O) groups excluding carboxylic acids is 2. The van der Waals surface area contributed by atoms with Gasteiger partial charge in [-0.05, 0) is 37.8 Å². The predicted molar refractivity (Wildman–Crippen MR) is 99.3 cm³/mol. The van der Waals surface area contributed by atoms with Crippen molar-refractivity contribution in [2.75, 3.05) is 51.3 Å². The SMILES string of the molecule is COc1ccccc1N1CCN(C(=O)C2(C(=O)N3CCCC3)CC2)CC1. The van der Waals surface area contributed by atoms with Crippen molar-refractivity contribution in [3.63, 3.8) is 0 Å². The van der Waals surface area contributed by atoms with Crippen LogP contribution in [0.25, 0.3) is 0 Å². The van der Waals surface area contributed by atoms with Gasteiger partial charge < -0.3 is 19.4 Å². The first-order valence-corrected chi connectivity index (χ1v) is 9.62. The standard InChI is InChI=1S/C20H27N3O3/c1-26-17-7-3-2-6-16(17)21-12-14-23(15-13-21)19(25)20(8-9-20)18(24)22-10-4-5-11-22/h2-3,6-7H,4-5,8-15H2,1H3. The van der Waals surface area contributed by atoms with E-state index in [-0.39, 0.29) is 11.8 Å². The largest absolute Gasteiger partial charge is 0.495 e. The van der Waals surface area contributed by atoms with Gasteiger partial charge in [0.1, 0.15) is 11.2 Å². The molecule has 0 aromatic heterocycles. The van der Waals surface area contributed by atoms with Crippen LogP contribution in [-0.4, -0.2) is 68.0 Å². The molecule has 0 atom stereocenters. The molecule has 3 aliphatic rings. The third-order valence-electron chi connectivity index (χ3n) is 5.95. The molecule has 2 aliphatic heterocycles. The fourth-order valence-electron chi connectivity index (χ4n) is 4.21. The van der Waals surface area contributed by atoms with E-state index in [1.807, 2.05) is 28.0 Å². The molecule has 1 saturated carbocycles. The summed E-state index contributed by atoms with van der Waals surface area (Å²) in [5.74, 6) is 0.983. The van der Waals surface area contributed by atoms with Gasteiger partial charge in [-0.3, -0.25) is 9.59 Å². The van der Waals surface area contributed by atoms with Crippen LogP contribution in [0.4, 0.5) is 5.69 Å². The van der Waals surface area contributed by atoms with E-state index >= 15 is 0 Å². The van der Waals surface area contributed by atoms with Gasteiger partial charge in [0.15, 0.2) is 0 Å². The normalized spacial score (nSPS) is 21.7. The molecule has 3 fully saturated rings. The first kappa shape index (κ1) is 17.2. The minimum absolute atomic E-state index is 0.0501. The van der Waals surface area contributed by atoms with E-state index in [4.69, 9.17) is 4.74 Å². The number of amides is 2. The van der Waals surface area contributed by atoms with E-state index in [1.54, 1.807) is 7.11 Å². The Morgan fingerprint density at radius 2 is 1.46 bits per heavy atom. The maximum atomic E-state index is 13.1. The summed E-state index contributed by atoms with van der Waals surface area (Å²) in [6.07, 6.45) is 3.56. The summed E-state index contributed by atoms with van der Waals surface area (Å²) in [5.41, 5.74) is 0.327. The molecule has 2 saturated heterocycles. The van der Waals surface area contributed by atoms with Crippen LogP contribution in [0.3, 0.4) is 0 Å². The van der Waals surface area contributed by atoms with E-state index in [0.29, 0.717) is 25.9 Å². The van der Waals surface area contributed by atoms with Crippen molar-refractivity contribution in [1.29, 1.82) is 0 Å². The number of nitrogens with zero attached hydrogens (tertiary/aromatic N) is 3. The van der Waals surface area contributed by atoms with Crippen LogP contribution in [0.15, 0.2) is 24.3 Å². The molecule has 1 aromatic rings. The number of anilines is 1. The number of hydrogen-bond donors (Lipinski definition) is 0. The average Bonchev–Trinajstić information content (AvgIpc) is 3.33. The van der Waals surface area contributed by atoms with Gasteiger partial charge in [-0.2, -0.15) is 0 Å². The molecule has 1 aromatic carbocycles. The van der Waals surface area contributed by atoms with Gasteiger partial charge in [-0.1, -0.05) is 12.1 Å². The minimum atomic E-state index is -0.739. The summed E-state index contributed by atoms with van der Waals surface area (Å²) < 4.78 is 5.45. The lowest BCUT2D eigenvalue weighted by molar-refractivity contribution is -0.149. The molecule has 140 valence electrons. The highest BCUT2D eigenvalue weighted by molar-refractivity contribution is 6.08.